The van der Waals surface area contributed by atoms with Gasteiger partial charge in [0.05, 0.1) is 6.54 Å². The standard InChI is InChI=1S/C17H20N2O/c1-3-19(16-12-8-5-9-13-16)14-17(20)18(2)15-10-6-4-7-11-15/h4-13H,3,14H2,1-2H3. The van der Waals surface area contributed by atoms with Crippen molar-refractivity contribution < 1.29 is 4.79 Å². The van der Waals surface area contributed by atoms with E-state index in [4.69, 9.17) is 0 Å². The van der Waals surface area contributed by atoms with E-state index in [9.17, 15) is 4.79 Å². The largest absolute Gasteiger partial charge is 0.362 e. The third kappa shape index (κ3) is 3.38. The van der Waals surface area contributed by atoms with Crippen LogP contribution in [0.25, 0.3) is 0 Å². The van der Waals surface area contributed by atoms with E-state index in [1.807, 2.05) is 67.7 Å². The number of carbonyl (C=O) groups excluding carboxylic acids is 1. The Kier molecular flexibility index (Phi) is 4.77. The van der Waals surface area contributed by atoms with Gasteiger partial charge in [0.25, 0.3) is 0 Å². The molecule has 1 amide bonds. The number of rotatable bonds is 5. The molecule has 0 spiro atoms. The van der Waals surface area contributed by atoms with E-state index < -0.39 is 0 Å². The third-order valence-corrected chi connectivity index (χ3v) is 3.35. The molecule has 0 saturated heterocycles. The van der Waals surface area contributed by atoms with Gasteiger partial charge in [0.2, 0.25) is 5.91 Å². The Hall–Kier alpha value is -2.29. The topological polar surface area (TPSA) is 23.6 Å². The van der Waals surface area contributed by atoms with E-state index in [1.54, 1.807) is 4.90 Å². The second kappa shape index (κ2) is 6.75. The van der Waals surface area contributed by atoms with Crippen LogP contribution in [0, 0.1) is 0 Å². The third-order valence-electron chi connectivity index (χ3n) is 3.35. The summed E-state index contributed by atoms with van der Waals surface area (Å²) in [4.78, 5) is 16.1. The molecule has 0 aliphatic heterocycles. The maximum absolute atomic E-state index is 12.4. The first-order chi connectivity index (χ1) is 9.72. The molecule has 0 saturated carbocycles. The van der Waals surface area contributed by atoms with Crippen LogP contribution >= 0.6 is 0 Å². The number of hydrogen-bond donors (Lipinski definition) is 0. The van der Waals surface area contributed by atoms with Crippen molar-refractivity contribution in [1.82, 2.24) is 0 Å². The van der Waals surface area contributed by atoms with Crippen molar-refractivity contribution in [3.05, 3.63) is 60.7 Å². The molecule has 0 aromatic heterocycles. The predicted molar refractivity (Wildman–Crippen MR) is 84.2 cm³/mol. The lowest BCUT2D eigenvalue weighted by molar-refractivity contribution is -0.117. The lowest BCUT2D eigenvalue weighted by Crippen LogP contribution is -2.38. The van der Waals surface area contributed by atoms with Crippen LogP contribution in [0.4, 0.5) is 11.4 Å². The summed E-state index contributed by atoms with van der Waals surface area (Å²) in [5.74, 6) is 0.0851. The highest BCUT2D eigenvalue weighted by Gasteiger charge is 2.14. The summed E-state index contributed by atoms with van der Waals surface area (Å²) >= 11 is 0. The highest BCUT2D eigenvalue weighted by Crippen LogP contribution is 2.15. The average molecular weight is 268 g/mol. The van der Waals surface area contributed by atoms with Crippen molar-refractivity contribution in [2.45, 2.75) is 6.92 Å². The van der Waals surface area contributed by atoms with Crippen LogP contribution in [-0.4, -0.2) is 26.0 Å². The first-order valence-corrected chi connectivity index (χ1v) is 6.84. The maximum atomic E-state index is 12.4. The van der Waals surface area contributed by atoms with Gasteiger partial charge in [-0.2, -0.15) is 0 Å². The Morgan fingerprint density at radius 2 is 1.40 bits per heavy atom. The predicted octanol–water partition coefficient (Wildman–Crippen LogP) is 3.18. The lowest BCUT2D eigenvalue weighted by atomic mass is 10.2. The molecule has 3 nitrogen and oxygen atoms in total. The lowest BCUT2D eigenvalue weighted by Gasteiger charge is -2.25. The van der Waals surface area contributed by atoms with Gasteiger partial charge in [-0.25, -0.2) is 0 Å². The van der Waals surface area contributed by atoms with Crippen LogP contribution in [0.15, 0.2) is 60.7 Å². The van der Waals surface area contributed by atoms with Gasteiger partial charge in [-0.05, 0) is 31.2 Å². The van der Waals surface area contributed by atoms with E-state index in [1.165, 1.54) is 0 Å². The summed E-state index contributed by atoms with van der Waals surface area (Å²) in [5.41, 5.74) is 1.99. The summed E-state index contributed by atoms with van der Waals surface area (Å²) in [7, 11) is 1.82. The van der Waals surface area contributed by atoms with E-state index in [0.29, 0.717) is 6.54 Å². The first kappa shape index (κ1) is 14.1. The van der Waals surface area contributed by atoms with Crippen LogP contribution in [0.1, 0.15) is 6.92 Å². The van der Waals surface area contributed by atoms with E-state index >= 15 is 0 Å². The number of amides is 1. The maximum Gasteiger partial charge on any atom is 0.246 e. The van der Waals surface area contributed by atoms with E-state index in [-0.39, 0.29) is 5.91 Å². The number of anilines is 2. The van der Waals surface area contributed by atoms with Gasteiger partial charge in [-0.15, -0.1) is 0 Å². The second-order valence-corrected chi connectivity index (χ2v) is 4.64. The Balaban J connectivity index is 2.06. The molecule has 0 aliphatic carbocycles. The van der Waals surface area contributed by atoms with Crippen LogP contribution < -0.4 is 9.80 Å². The molecule has 0 aliphatic rings. The molecule has 2 rings (SSSR count). The van der Waals surface area contributed by atoms with Gasteiger partial charge in [0.15, 0.2) is 0 Å². The summed E-state index contributed by atoms with van der Waals surface area (Å²) in [6, 6.07) is 19.7. The Bertz CT molecular complexity index is 539. The molecule has 0 bridgehead atoms. The molecular formula is C17H20N2O. The second-order valence-electron chi connectivity index (χ2n) is 4.64. The van der Waals surface area contributed by atoms with Crippen molar-refractivity contribution >= 4 is 17.3 Å². The molecule has 0 radical (unpaired) electrons. The molecule has 2 aromatic carbocycles. The van der Waals surface area contributed by atoms with E-state index in [2.05, 4.69) is 11.8 Å². The fourth-order valence-electron chi connectivity index (χ4n) is 2.09. The van der Waals surface area contributed by atoms with Gasteiger partial charge in [-0.3, -0.25) is 4.79 Å². The molecule has 2 aromatic rings. The van der Waals surface area contributed by atoms with Crippen molar-refractivity contribution in [3.63, 3.8) is 0 Å². The molecule has 0 unspecified atom stereocenters. The summed E-state index contributed by atoms with van der Waals surface area (Å²) in [6.45, 7) is 3.24. The van der Waals surface area contributed by atoms with Crippen LogP contribution in [0.2, 0.25) is 0 Å². The monoisotopic (exact) mass is 268 g/mol. The molecule has 0 heterocycles. The summed E-state index contributed by atoms with van der Waals surface area (Å²) in [6.07, 6.45) is 0. The minimum atomic E-state index is 0.0851. The molecule has 20 heavy (non-hydrogen) atoms. The first-order valence-electron chi connectivity index (χ1n) is 6.84. The summed E-state index contributed by atoms with van der Waals surface area (Å²) < 4.78 is 0. The van der Waals surface area contributed by atoms with Crippen molar-refractivity contribution in [2.75, 3.05) is 29.9 Å². The number of para-hydroxylation sites is 2. The summed E-state index contributed by atoms with van der Waals surface area (Å²) in [5, 5.41) is 0. The van der Waals surface area contributed by atoms with Crippen molar-refractivity contribution in [3.8, 4) is 0 Å². The average Bonchev–Trinajstić information content (AvgIpc) is 2.53. The molecule has 0 fully saturated rings. The fourth-order valence-corrected chi connectivity index (χ4v) is 2.09. The SMILES string of the molecule is CCN(CC(=O)N(C)c1ccccc1)c1ccccc1. The van der Waals surface area contributed by atoms with Gasteiger partial charge < -0.3 is 9.80 Å². The molecule has 0 N–H and O–H groups in total. The van der Waals surface area contributed by atoms with Gasteiger partial charge in [0, 0.05) is 25.0 Å². The number of hydrogen-bond acceptors (Lipinski definition) is 2. The number of benzene rings is 2. The quantitative estimate of drug-likeness (QED) is 0.831. The Morgan fingerprint density at radius 3 is 1.90 bits per heavy atom. The fraction of sp³-hybridized carbons (Fsp3) is 0.235. The van der Waals surface area contributed by atoms with Crippen LogP contribution in [0.3, 0.4) is 0 Å². The van der Waals surface area contributed by atoms with Crippen molar-refractivity contribution in [2.24, 2.45) is 0 Å². The number of likely N-dealkylation sites (N-methyl/N-ethyl adjacent to an activating group) is 2. The molecule has 0 atom stereocenters. The Labute approximate surface area is 120 Å². The number of carbonyl (C=O) groups is 1. The number of nitrogens with zero attached hydrogens (tertiary/aromatic N) is 2. The minimum Gasteiger partial charge on any atom is -0.362 e. The molecule has 104 valence electrons. The van der Waals surface area contributed by atoms with Crippen LogP contribution in [0.5, 0.6) is 0 Å². The molecular weight excluding hydrogens is 248 g/mol. The van der Waals surface area contributed by atoms with Gasteiger partial charge in [-0.1, -0.05) is 36.4 Å². The highest BCUT2D eigenvalue weighted by molar-refractivity contribution is 5.95. The van der Waals surface area contributed by atoms with Crippen molar-refractivity contribution in [1.29, 1.82) is 0 Å². The highest BCUT2D eigenvalue weighted by atomic mass is 16.2. The van der Waals surface area contributed by atoms with Gasteiger partial charge >= 0.3 is 0 Å². The minimum absolute atomic E-state index is 0.0851. The normalized spacial score (nSPS) is 10.1. The van der Waals surface area contributed by atoms with E-state index in [0.717, 1.165) is 17.9 Å². The molecule has 3 heteroatoms. The smallest absolute Gasteiger partial charge is 0.246 e. The Morgan fingerprint density at radius 1 is 0.900 bits per heavy atom. The zero-order valence-electron chi connectivity index (χ0n) is 12.0. The van der Waals surface area contributed by atoms with Crippen LogP contribution in [-0.2, 0) is 4.79 Å². The zero-order valence-corrected chi connectivity index (χ0v) is 12.0. The van der Waals surface area contributed by atoms with Gasteiger partial charge in [0.1, 0.15) is 0 Å². The zero-order chi connectivity index (χ0) is 14.4.